The molecular weight excluding hydrogens is 238 g/mol. The predicted molar refractivity (Wildman–Crippen MR) is 64.6 cm³/mol. The SMILES string of the molecule is CSSCCSC1CC(=O)N(C)C1=O. The molecule has 1 fully saturated rings. The van der Waals surface area contributed by atoms with E-state index in [-0.39, 0.29) is 17.1 Å². The van der Waals surface area contributed by atoms with Crippen LogP contribution in [0.5, 0.6) is 0 Å². The van der Waals surface area contributed by atoms with Gasteiger partial charge >= 0.3 is 0 Å². The smallest absolute Gasteiger partial charge is 0.242 e. The predicted octanol–water partition coefficient (Wildman–Crippen LogP) is 1.49. The third kappa shape index (κ3) is 3.10. The minimum atomic E-state index is -0.130. The standard InChI is InChI=1S/C8H13NO2S3/c1-9-7(10)5-6(8(9)11)13-3-4-14-12-2/h6H,3-5H2,1-2H3. The lowest BCUT2D eigenvalue weighted by molar-refractivity contribution is -0.136. The van der Waals surface area contributed by atoms with Crippen molar-refractivity contribution in [2.75, 3.05) is 24.8 Å². The summed E-state index contributed by atoms with van der Waals surface area (Å²) >= 11 is 1.59. The molecule has 0 spiro atoms. The molecule has 1 aliphatic heterocycles. The summed E-state index contributed by atoms with van der Waals surface area (Å²) in [4.78, 5) is 23.9. The third-order valence-corrected chi connectivity index (χ3v) is 5.23. The molecular formula is C8H13NO2S3. The molecule has 1 rings (SSSR count). The lowest BCUT2D eigenvalue weighted by Gasteiger charge is -2.07. The fourth-order valence-corrected chi connectivity index (χ4v) is 3.94. The molecule has 0 aromatic heterocycles. The summed E-state index contributed by atoms with van der Waals surface area (Å²) in [6.07, 6.45) is 2.41. The second-order valence-electron chi connectivity index (χ2n) is 2.84. The highest BCUT2D eigenvalue weighted by molar-refractivity contribution is 8.76. The van der Waals surface area contributed by atoms with Crippen LogP contribution in [0.2, 0.25) is 0 Å². The van der Waals surface area contributed by atoms with E-state index in [4.69, 9.17) is 0 Å². The average molecular weight is 251 g/mol. The number of amides is 2. The van der Waals surface area contributed by atoms with E-state index in [9.17, 15) is 9.59 Å². The molecule has 1 aliphatic rings. The first-order valence-electron chi connectivity index (χ1n) is 4.24. The summed E-state index contributed by atoms with van der Waals surface area (Å²) in [6, 6.07) is 0. The largest absolute Gasteiger partial charge is 0.285 e. The van der Waals surface area contributed by atoms with Gasteiger partial charge in [0.15, 0.2) is 0 Å². The number of hydrogen-bond donors (Lipinski definition) is 0. The van der Waals surface area contributed by atoms with Gasteiger partial charge < -0.3 is 0 Å². The quantitative estimate of drug-likeness (QED) is 0.420. The Kier molecular flexibility index (Phi) is 5.19. The normalized spacial score (nSPS) is 22.1. The monoisotopic (exact) mass is 251 g/mol. The van der Waals surface area contributed by atoms with Crippen LogP contribution in [0.4, 0.5) is 0 Å². The lowest BCUT2D eigenvalue weighted by atomic mass is 10.4. The van der Waals surface area contributed by atoms with Gasteiger partial charge in [0.2, 0.25) is 11.8 Å². The van der Waals surface area contributed by atoms with Crippen molar-refractivity contribution in [3.63, 3.8) is 0 Å². The second-order valence-corrected chi connectivity index (χ2v) is 6.84. The van der Waals surface area contributed by atoms with Crippen molar-refractivity contribution in [1.29, 1.82) is 0 Å². The number of carbonyl (C=O) groups excluding carboxylic acids is 2. The number of imide groups is 1. The highest BCUT2D eigenvalue weighted by Crippen LogP contribution is 2.26. The molecule has 0 saturated carbocycles. The Balaban J connectivity index is 2.26. The Hall–Kier alpha value is 0.190. The molecule has 80 valence electrons. The zero-order chi connectivity index (χ0) is 10.6. The summed E-state index contributed by atoms with van der Waals surface area (Å²) in [7, 11) is 5.06. The summed E-state index contributed by atoms with van der Waals surface area (Å²) in [5.74, 6) is 1.87. The van der Waals surface area contributed by atoms with Gasteiger partial charge in [-0.3, -0.25) is 14.5 Å². The summed E-state index contributed by atoms with van der Waals surface area (Å²) in [5, 5.41) is -0.130. The minimum Gasteiger partial charge on any atom is -0.285 e. The van der Waals surface area contributed by atoms with Crippen molar-refractivity contribution in [3.05, 3.63) is 0 Å². The van der Waals surface area contributed by atoms with Crippen molar-refractivity contribution in [1.82, 2.24) is 4.90 Å². The van der Waals surface area contributed by atoms with E-state index in [1.807, 2.05) is 6.26 Å². The van der Waals surface area contributed by atoms with Crippen LogP contribution in [0, 0.1) is 0 Å². The molecule has 0 N–H and O–H groups in total. The molecule has 2 amide bonds. The van der Waals surface area contributed by atoms with Crippen LogP contribution in [-0.4, -0.2) is 46.8 Å². The van der Waals surface area contributed by atoms with Gasteiger partial charge in [-0.1, -0.05) is 21.6 Å². The summed E-state index contributed by atoms with van der Waals surface area (Å²) in [5.41, 5.74) is 0. The van der Waals surface area contributed by atoms with Gasteiger partial charge in [0, 0.05) is 25.0 Å². The van der Waals surface area contributed by atoms with Crippen molar-refractivity contribution in [2.45, 2.75) is 11.7 Å². The first-order valence-corrected chi connectivity index (χ1v) is 8.02. The van der Waals surface area contributed by atoms with E-state index < -0.39 is 0 Å². The molecule has 3 nitrogen and oxygen atoms in total. The van der Waals surface area contributed by atoms with Gasteiger partial charge in [0.1, 0.15) is 0 Å². The van der Waals surface area contributed by atoms with E-state index in [2.05, 4.69) is 0 Å². The molecule has 0 aliphatic carbocycles. The maximum absolute atomic E-state index is 11.5. The Morgan fingerprint density at radius 2 is 2.14 bits per heavy atom. The van der Waals surface area contributed by atoms with E-state index in [1.54, 1.807) is 40.4 Å². The van der Waals surface area contributed by atoms with Crippen LogP contribution in [0.3, 0.4) is 0 Å². The highest BCUT2D eigenvalue weighted by atomic mass is 33.1. The van der Waals surface area contributed by atoms with E-state index in [1.165, 1.54) is 4.90 Å². The highest BCUT2D eigenvalue weighted by Gasteiger charge is 2.35. The second kappa shape index (κ2) is 5.92. The maximum atomic E-state index is 11.5. The average Bonchev–Trinajstić information content (AvgIpc) is 2.41. The number of rotatable bonds is 5. The first-order chi connectivity index (χ1) is 6.66. The zero-order valence-electron chi connectivity index (χ0n) is 8.19. The van der Waals surface area contributed by atoms with E-state index in [0.29, 0.717) is 6.42 Å². The fourth-order valence-electron chi connectivity index (χ4n) is 1.16. The third-order valence-electron chi connectivity index (χ3n) is 1.94. The number of hydrogen-bond acceptors (Lipinski definition) is 5. The van der Waals surface area contributed by atoms with Crippen molar-refractivity contribution >= 4 is 45.2 Å². The topological polar surface area (TPSA) is 37.4 Å². The Bertz CT molecular complexity index is 235. The Morgan fingerprint density at radius 3 is 2.64 bits per heavy atom. The summed E-state index contributed by atoms with van der Waals surface area (Å²) < 4.78 is 0. The molecule has 1 atom stereocenters. The van der Waals surface area contributed by atoms with Crippen LogP contribution in [0.1, 0.15) is 6.42 Å². The fraction of sp³-hybridized carbons (Fsp3) is 0.750. The lowest BCUT2D eigenvalue weighted by Crippen LogP contribution is -2.26. The minimum absolute atomic E-state index is 0.0332. The molecule has 1 saturated heterocycles. The van der Waals surface area contributed by atoms with E-state index in [0.717, 1.165) is 11.5 Å². The van der Waals surface area contributed by atoms with Crippen LogP contribution in [0.25, 0.3) is 0 Å². The van der Waals surface area contributed by atoms with Gasteiger partial charge in [-0.15, -0.1) is 11.8 Å². The molecule has 0 aromatic carbocycles. The van der Waals surface area contributed by atoms with Crippen molar-refractivity contribution in [3.8, 4) is 0 Å². The van der Waals surface area contributed by atoms with Crippen molar-refractivity contribution < 1.29 is 9.59 Å². The van der Waals surface area contributed by atoms with Gasteiger partial charge in [0.25, 0.3) is 0 Å². The number of carbonyl (C=O) groups is 2. The number of thioether (sulfide) groups is 1. The summed E-state index contributed by atoms with van der Waals surface area (Å²) in [6.45, 7) is 0. The first kappa shape index (κ1) is 12.3. The maximum Gasteiger partial charge on any atom is 0.242 e. The molecule has 6 heteroatoms. The van der Waals surface area contributed by atoms with Crippen molar-refractivity contribution in [2.24, 2.45) is 0 Å². The van der Waals surface area contributed by atoms with Crippen LogP contribution in [-0.2, 0) is 9.59 Å². The van der Waals surface area contributed by atoms with Crippen LogP contribution < -0.4 is 0 Å². The molecule has 1 unspecified atom stereocenters. The molecule has 14 heavy (non-hydrogen) atoms. The Labute approximate surface area is 96.1 Å². The number of likely N-dealkylation sites (tertiary alicyclic amines) is 1. The zero-order valence-corrected chi connectivity index (χ0v) is 10.6. The molecule has 0 bridgehead atoms. The molecule has 0 radical (unpaired) electrons. The molecule has 1 heterocycles. The van der Waals surface area contributed by atoms with Gasteiger partial charge in [0.05, 0.1) is 5.25 Å². The van der Waals surface area contributed by atoms with Gasteiger partial charge in [-0.05, 0) is 6.26 Å². The Morgan fingerprint density at radius 1 is 1.43 bits per heavy atom. The van der Waals surface area contributed by atoms with Crippen LogP contribution >= 0.6 is 33.3 Å². The van der Waals surface area contributed by atoms with E-state index >= 15 is 0 Å². The number of nitrogens with zero attached hydrogens (tertiary/aromatic N) is 1. The van der Waals surface area contributed by atoms with Gasteiger partial charge in [-0.2, -0.15) is 0 Å². The molecule has 0 aromatic rings. The van der Waals surface area contributed by atoms with Crippen LogP contribution in [0.15, 0.2) is 0 Å². The van der Waals surface area contributed by atoms with Gasteiger partial charge in [-0.25, -0.2) is 0 Å².